The first-order chi connectivity index (χ1) is 18.7. The number of rotatable bonds is 12. The van der Waals surface area contributed by atoms with Gasteiger partial charge in [-0.2, -0.15) is 0 Å². The molecule has 0 aliphatic carbocycles. The molecule has 1 saturated heterocycles. The minimum Gasteiger partial charge on any atom is -0.471 e. The maximum atomic E-state index is 12.2. The number of benzene rings is 1. The lowest BCUT2D eigenvalue weighted by atomic mass is 9.75. The molecule has 8 nitrogen and oxygen atoms in total. The van der Waals surface area contributed by atoms with E-state index in [1.807, 2.05) is 36.6 Å². The Balaban J connectivity index is 1.61. The molecule has 39 heavy (non-hydrogen) atoms. The van der Waals surface area contributed by atoms with Crippen molar-refractivity contribution in [2.75, 3.05) is 40.1 Å². The van der Waals surface area contributed by atoms with Crippen molar-refractivity contribution in [2.24, 2.45) is 5.73 Å². The summed E-state index contributed by atoms with van der Waals surface area (Å²) in [7, 11) is 4.16. The molecule has 210 valence electrons. The first kappa shape index (κ1) is 29.3. The van der Waals surface area contributed by atoms with Crippen molar-refractivity contribution < 1.29 is 23.9 Å². The Kier molecular flexibility index (Phi) is 9.48. The predicted molar refractivity (Wildman–Crippen MR) is 155 cm³/mol. The average Bonchev–Trinajstić information content (AvgIpc) is 2.92. The number of pyridine rings is 2. The highest BCUT2D eigenvalue weighted by atomic mass is 32.2. The highest BCUT2D eigenvalue weighted by molar-refractivity contribution is 7.98. The Morgan fingerprint density at radius 1 is 1.28 bits per heavy atom. The summed E-state index contributed by atoms with van der Waals surface area (Å²) < 4.78 is 12.4. The molecule has 9 heteroatoms. The van der Waals surface area contributed by atoms with Crippen LogP contribution in [-0.2, 0) is 22.4 Å². The van der Waals surface area contributed by atoms with E-state index in [-0.39, 0.29) is 0 Å². The van der Waals surface area contributed by atoms with E-state index in [2.05, 4.69) is 38.1 Å². The van der Waals surface area contributed by atoms with Crippen molar-refractivity contribution in [2.45, 2.75) is 61.8 Å². The first-order valence-corrected chi connectivity index (χ1v) is 14.9. The minimum atomic E-state index is -1.08. The van der Waals surface area contributed by atoms with E-state index in [1.165, 1.54) is 0 Å². The second-order valence-corrected chi connectivity index (χ2v) is 11.7. The standard InChI is InChI=1S/C30H40N4O4S/c1-5-6-10-23-19-22-9-7-8-11-24(22)29(33-23)38-17-15-34(2,3)30(13-16-37-26(27(30)35)28(31)36)20-21-12-14-32-25(18-21)39-4/h7-9,11-12,14,18-19,26-27,35H,5-6,10,13,15-17,20H2,1-4H3,(H-,31,36)/p+1/t26?,27-,30+/m0/s1. The van der Waals surface area contributed by atoms with Crippen LogP contribution >= 0.6 is 11.8 Å². The van der Waals surface area contributed by atoms with Crippen LogP contribution < -0.4 is 10.5 Å². The van der Waals surface area contributed by atoms with Crippen molar-refractivity contribution in [1.82, 2.24) is 9.97 Å². The van der Waals surface area contributed by atoms with Gasteiger partial charge in [-0.15, -0.1) is 11.8 Å². The largest absolute Gasteiger partial charge is 0.471 e. The van der Waals surface area contributed by atoms with Gasteiger partial charge in [0.2, 0.25) is 11.8 Å². The molecule has 0 bridgehead atoms. The number of unbranched alkanes of at least 4 members (excludes halogenated alkanes) is 1. The number of carbonyl (C=O) groups excluding carboxylic acids is 1. The average molecular weight is 554 g/mol. The van der Waals surface area contributed by atoms with Crippen LogP contribution in [0.3, 0.4) is 0 Å². The number of thioether (sulfide) groups is 1. The number of hydrogen-bond acceptors (Lipinski definition) is 7. The van der Waals surface area contributed by atoms with Crippen LogP contribution in [-0.4, -0.2) is 83.3 Å². The molecule has 1 aliphatic rings. The lowest BCUT2D eigenvalue weighted by Gasteiger charge is -2.54. The summed E-state index contributed by atoms with van der Waals surface area (Å²) in [6.07, 6.45) is 5.82. The van der Waals surface area contributed by atoms with Gasteiger partial charge in [0.05, 0.1) is 25.7 Å². The molecule has 1 fully saturated rings. The fourth-order valence-electron chi connectivity index (χ4n) is 5.62. The van der Waals surface area contributed by atoms with Gasteiger partial charge in [0.25, 0.3) is 0 Å². The van der Waals surface area contributed by atoms with E-state index >= 15 is 0 Å². The van der Waals surface area contributed by atoms with Crippen molar-refractivity contribution in [3.8, 4) is 5.88 Å². The maximum absolute atomic E-state index is 12.2. The van der Waals surface area contributed by atoms with Crippen molar-refractivity contribution in [3.63, 3.8) is 0 Å². The lowest BCUT2D eigenvalue weighted by molar-refractivity contribution is -0.948. The number of fused-ring (bicyclic) bond motifs is 1. The fraction of sp³-hybridized carbons (Fsp3) is 0.500. The fourth-order valence-corrected chi connectivity index (χ4v) is 6.06. The summed E-state index contributed by atoms with van der Waals surface area (Å²) in [5, 5.41) is 14.6. The van der Waals surface area contributed by atoms with Gasteiger partial charge in [-0.25, -0.2) is 9.97 Å². The third-order valence-corrected chi connectivity index (χ3v) is 8.75. The monoisotopic (exact) mass is 553 g/mol. The molecular formula is C30H41N4O4S+. The van der Waals surface area contributed by atoms with E-state index in [4.69, 9.17) is 20.2 Å². The number of ether oxygens (including phenoxy) is 2. The number of hydrogen-bond donors (Lipinski definition) is 2. The third-order valence-electron chi connectivity index (χ3n) is 8.11. The number of aromatic nitrogens is 2. The first-order valence-electron chi connectivity index (χ1n) is 13.6. The zero-order chi connectivity index (χ0) is 28.0. The Hall–Kier alpha value is -2.72. The molecule has 3 N–H and O–H groups in total. The number of aliphatic hydroxyl groups is 1. The van der Waals surface area contributed by atoms with Crippen LogP contribution in [0, 0.1) is 0 Å². The molecule has 0 radical (unpaired) electrons. The summed E-state index contributed by atoms with van der Waals surface area (Å²) >= 11 is 1.57. The number of nitrogens with zero attached hydrogens (tertiary/aromatic N) is 3. The summed E-state index contributed by atoms with van der Waals surface area (Å²) in [4.78, 5) is 21.5. The third kappa shape index (κ3) is 6.38. The molecule has 1 unspecified atom stereocenters. The van der Waals surface area contributed by atoms with Gasteiger partial charge in [-0.3, -0.25) is 4.79 Å². The number of aryl methyl sites for hydroxylation is 1. The van der Waals surface area contributed by atoms with E-state index in [1.54, 1.807) is 18.0 Å². The number of amides is 1. The van der Waals surface area contributed by atoms with E-state index in [9.17, 15) is 9.90 Å². The Bertz CT molecular complexity index is 1290. The second kappa shape index (κ2) is 12.6. The molecule has 1 aromatic carbocycles. The van der Waals surface area contributed by atoms with E-state index < -0.39 is 23.7 Å². The van der Waals surface area contributed by atoms with Gasteiger partial charge in [0.1, 0.15) is 24.8 Å². The molecular weight excluding hydrogens is 512 g/mol. The molecule has 4 rings (SSSR count). The summed E-state index contributed by atoms with van der Waals surface area (Å²) in [6, 6.07) is 14.3. The summed E-state index contributed by atoms with van der Waals surface area (Å²) in [6.45, 7) is 3.48. The molecule has 0 saturated carbocycles. The maximum Gasteiger partial charge on any atom is 0.249 e. The number of likely N-dealkylation sites (N-methyl/N-ethyl adjacent to an activating group) is 1. The van der Waals surface area contributed by atoms with Gasteiger partial charge < -0.3 is 24.8 Å². The topological polar surface area (TPSA) is 108 Å². The molecule has 0 spiro atoms. The molecule has 3 atom stereocenters. The Labute approximate surface area is 235 Å². The van der Waals surface area contributed by atoms with Crippen LogP contribution in [0.4, 0.5) is 0 Å². The molecule has 1 amide bonds. The zero-order valence-corrected chi connectivity index (χ0v) is 24.2. The number of nitrogens with two attached hydrogens (primary N) is 1. The highest BCUT2D eigenvalue weighted by Gasteiger charge is 2.57. The highest BCUT2D eigenvalue weighted by Crippen LogP contribution is 2.38. The van der Waals surface area contributed by atoms with Crippen LogP contribution in [0.2, 0.25) is 0 Å². The molecule has 3 heterocycles. The zero-order valence-electron chi connectivity index (χ0n) is 23.4. The molecule has 2 aromatic heterocycles. The van der Waals surface area contributed by atoms with Gasteiger partial charge in [0, 0.05) is 30.1 Å². The quantitative estimate of drug-likeness (QED) is 0.260. The van der Waals surface area contributed by atoms with Gasteiger partial charge >= 0.3 is 0 Å². The SMILES string of the molecule is CCCCc1cc2ccccc2c(OCC[N+](C)(C)[C@@]2(Cc3ccnc(SC)c3)CCOC(C(N)=O)[C@@H]2O)n1. The van der Waals surface area contributed by atoms with Gasteiger partial charge in [-0.05, 0) is 54.3 Å². The van der Waals surface area contributed by atoms with Gasteiger partial charge in [0.15, 0.2) is 6.10 Å². The number of aliphatic hydroxyl groups excluding tert-OH is 1. The van der Waals surface area contributed by atoms with Gasteiger partial charge in [-0.1, -0.05) is 31.5 Å². The normalized spacial score (nSPS) is 21.7. The van der Waals surface area contributed by atoms with Crippen LogP contribution in [0.25, 0.3) is 10.8 Å². The second-order valence-electron chi connectivity index (χ2n) is 10.9. The van der Waals surface area contributed by atoms with Crippen molar-refractivity contribution >= 4 is 28.4 Å². The Morgan fingerprint density at radius 2 is 2.08 bits per heavy atom. The number of quaternary nitrogens is 1. The lowest BCUT2D eigenvalue weighted by Crippen LogP contribution is -2.73. The van der Waals surface area contributed by atoms with Crippen LogP contribution in [0.1, 0.15) is 37.4 Å². The number of primary amides is 1. The molecule has 3 aromatic rings. The molecule has 1 aliphatic heterocycles. The smallest absolute Gasteiger partial charge is 0.249 e. The number of carbonyl (C=O) groups is 1. The summed E-state index contributed by atoms with van der Waals surface area (Å²) in [5.41, 5.74) is 7.01. The predicted octanol–water partition coefficient (Wildman–Crippen LogP) is 3.77. The van der Waals surface area contributed by atoms with Crippen LogP contribution in [0.15, 0.2) is 53.7 Å². The van der Waals surface area contributed by atoms with Crippen molar-refractivity contribution in [1.29, 1.82) is 0 Å². The van der Waals surface area contributed by atoms with Crippen molar-refractivity contribution in [3.05, 3.63) is 59.9 Å². The summed E-state index contributed by atoms with van der Waals surface area (Å²) in [5.74, 6) is -0.0172. The minimum absolute atomic E-state index is 0.333. The van der Waals surface area contributed by atoms with E-state index in [0.717, 1.165) is 46.3 Å². The van der Waals surface area contributed by atoms with E-state index in [0.29, 0.717) is 43.0 Å². The van der Waals surface area contributed by atoms with Crippen LogP contribution in [0.5, 0.6) is 5.88 Å². The Morgan fingerprint density at radius 3 is 2.82 bits per heavy atom.